The van der Waals surface area contributed by atoms with Gasteiger partial charge in [0.05, 0.1) is 12.6 Å². The van der Waals surface area contributed by atoms with Crippen molar-refractivity contribution in [3.63, 3.8) is 0 Å². The van der Waals surface area contributed by atoms with Crippen LogP contribution in [-0.2, 0) is 14.4 Å². The van der Waals surface area contributed by atoms with E-state index < -0.39 is 12.1 Å². The predicted octanol–water partition coefficient (Wildman–Crippen LogP) is 1.81. The Kier molecular flexibility index (Phi) is 8.52. The molecule has 3 heterocycles. The number of piperidine rings is 1. The van der Waals surface area contributed by atoms with Crippen LogP contribution < -0.4 is 15.5 Å². The first-order valence-corrected chi connectivity index (χ1v) is 13.6. The molecule has 4 atom stereocenters. The van der Waals surface area contributed by atoms with Gasteiger partial charge in [0.25, 0.3) is 5.91 Å². The van der Waals surface area contributed by atoms with E-state index in [9.17, 15) is 19.2 Å². The second-order valence-electron chi connectivity index (χ2n) is 11.3. The van der Waals surface area contributed by atoms with E-state index in [-0.39, 0.29) is 48.1 Å². The Balaban J connectivity index is 1.43. The Labute approximate surface area is 219 Å². The van der Waals surface area contributed by atoms with Crippen LogP contribution in [0, 0.1) is 5.92 Å². The summed E-state index contributed by atoms with van der Waals surface area (Å²) in [6.45, 7) is 5.41. The number of Topliss-reactive ketones (excluding diaryl/α,β-unsaturated/α-hetero) is 1. The van der Waals surface area contributed by atoms with Crippen LogP contribution in [-0.4, -0.2) is 91.2 Å². The SMILES string of the molecule is CC(C)C[C@H](NC(=O)c1ccc(N(C)C)cc1)C(=O)N1CCC2C1C(=O)CN2C(=O)CC1CCCCN1. The highest BCUT2D eigenvalue weighted by atomic mass is 16.2. The summed E-state index contributed by atoms with van der Waals surface area (Å²) < 4.78 is 0. The van der Waals surface area contributed by atoms with Crippen LogP contribution in [0.25, 0.3) is 0 Å². The summed E-state index contributed by atoms with van der Waals surface area (Å²) in [7, 11) is 3.86. The Morgan fingerprint density at radius 3 is 2.43 bits per heavy atom. The van der Waals surface area contributed by atoms with Gasteiger partial charge in [0, 0.05) is 44.4 Å². The number of anilines is 1. The molecule has 37 heavy (non-hydrogen) atoms. The average molecular weight is 512 g/mol. The van der Waals surface area contributed by atoms with Gasteiger partial charge in [0.15, 0.2) is 5.78 Å². The van der Waals surface area contributed by atoms with Crippen molar-refractivity contribution in [2.45, 2.75) is 76.5 Å². The van der Waals surface area contributed by atoms with Crippen molar-refractivity contribution in [2.24, 2.45) is 5.92 Å². The van der Waals surface area contributed by atoms with Crippen molar-refractivity contribution in [1.29, 1.82) is 0 Å². The fraction of sp³-hybridized carbons (Fsp3) is 0.643. The molecule has 2 N–H and O–H groups in total. The Bertz CT molecular complexity index is 1000. The third-order valence-electron chi connectivity index (χ3n) is 7.82. The summed E-state index contributed by atoms with van der Waals surface area (Å²) in [4.78, 5) is 58.2. The smallest absolute Gasteiger partial charge is 0.251 e. The second kappa shape index (κ2) is 11.6. The summed E-state index contributed by atoms with van der Waals surface area (Å²) in [5, 5.41) is 6.33. The Morgan fingerprint density at radius 2 is 1.81 bits per heavy atom. The second-order valence-corrected chi connectivity index (χ2v) is 11.3. The zero-order chi connectivity index (χ0) is 26.7. The van der Waals surface area contributed by atoms with Gasteiger partial charge >= 0.3 is 0 Å². The van der Waals surface area contributed by atoms with E-state index in [2.05, 4.69) is 10.6 Å². The number of carbonyl (C=O) groups excluding carboxylic acids is 4. The highest BCUT2D eigenvalue weighted by molar-refractivity contribution is 6.01. The highest BCUT2D eigenvalue weighted by Crippen LogP contribution is 2.31. The minimum Gasteiger partial charge on any atom is -0.378 e. The number of amides is 3. The zero-order valence-electron chi connectivity index (χ0n) is 22.5. The van der Waals surface area contributed by atoms with Gasteiger partial charge < -0.3 is 25.3 Å². The van der Waals surface area contributed by atoms with E-state index in [1.165, 1.54) is 0 Å². The molecule has 3 aliphatic rings. The number of ketones is 1. The lowest BCUT2D eigenvalue weighted by Crippen LogP contribution is -2.53. The molecule has 0 saturated carbocycles. The topological polar surface area (TPSA) is 102 Å². The lowest BCUT2D eigenvalue weighted by Gasteiger charge is -2.29. The van der Waals surface area contributed by atoms with Crippen molar-refractivity contribution < 1.29 is 19.2 Å². The number of carbonyl (C=O) groups is 4. The van der Waals surface area contributed by atoms with Crippen molar-refractivity contribution in [1.82, 2.24) is 20.4 Å². The minimum absolute atomic E-state index is 0.0113. The third kappa shape index (κ3) is 6.14. The van der Waals surface area contributed by atoms with E-state index in [1.807, 2.05) is 45.0 Å². The normalized spacial score (nSPS) is 24.2. The van der Waals surface area contributed by atoms with Crippen LogP contribution in [0.4, 0.5) is 5.69 Å². The summed E-state index contributed by atoms with van der Waals surface area (Å²) in [6.07, 6.45) is 4.66. The van der Waals surface area contributed by atoms with Gasteiger partial charge in [-0.05, 0) is 62.4 Å². The first kappa shape index (κ1) is 27.1. The summed E-state index contributed by atoms with van der Waals surface area (Å²) in [5.41, 5.74) is 1.46. The number of likely N-dealkylation sites (tertiary alicyclic amines) is 2. The van der Waals surface area contributed by atoms with Gasteiger partial charge in [0.2, 0.25) is 11.8 Å². The van der Waals surface area contributed by atoms with Crippen LogP contribution in [0.2, 0.25) is 0 Å². The Hall–Kier alpha value is -2.94. The van der Waals surface area contributed by atoms with Crippen molar-refractivity contribution in [3.05, 3.63) is 29.8 Å². The number of fused-ring (bicyclic) bond motifs is 1. The summed E-state index contributed by atoms with van der Waals surface area (Å²) in [6, 6.07) is 5.76. The van der Waals surface area contributed by atoms with Gasteiger partial charge in [-0.1, -0.05) is 20.3 Å². The van der Waals surface area contributed by atoms with Crippen LogP contribution >= 0.6 is 0 Å². The van der Waals surface area contributed by atoms with E-state index in [4.69, 9.17) is 0 Å². The average Bonchev–Trinajstić information content (AvgIpc) is 3.45. The van der Waals surface area contributed by atoms with Gasteiger partial charge in [-0.2, -0.15) is 0 Å². The van der Waals surface area contributed by atoms with Gasteiger partial charge in [0.1, 0.15) is 12.1 Å². The monoisotopic (exact) mass is 511 g/mol. The lowest BCUT2D eigenvalue weighted by atomic mass is 10.0. The number of nitrogens with one attached hydrogen (secondary N) is 2. The van der Waals surface area contributed by atoms with Crippen LogP contribution in [0.15, 0.2) is 24.3 Å². The molecule has 3 fully saturated rings. The molecule has 3 amide bonds. The first-order valence-electron chi connectivity index (χ1n) is 13.6. The molecule has 0 aliphatic carbocycles. The minimum atomic E-state index is -0.733. The molecule has 1 aromatic carbocycles. The largest absolute Gasteiger partial charge is 0.378 e. The molecule has 0 aromatic heterocycles. The summed E-state index contributed by atoms with van der Waals surface area (Å²) in [5.74, 6) is -0.479. The molecular formula is C28H41N5O4. The fourth-order valence-corrected chi connectivity index (χ4v) is 5.86. The molecule has 202 valence electrons. The van der Waals surface area contributed by atoms with Crippen LogP contribution in [0.1, 0.15) is 62.7 Å². The van der Waals surface area contributed by atoms with E-state index >= 15 is 0 Å². The molecule has 3 unspecified atom stereocenters. The molecule has 3 saturated heterocycles. The number of benzene rings is 1. The molecule has 4 rings (SSSR count). The molecule has 1 aromatic rings. The van der Waals surface area contributed by atoms with Crippen LogP contribution in [0.3, 0.4) is 0 Å². The van der Waals surface area contributed by atoms with Gasteiger partial charge in [-0.25, -0.2) is 0 Å². The van der Waals surface area contributed by atoms with Crippen molar-refractivity contribution in [2.75, 3.05) is 38.6 Å². The molecule has 9 heteroatoms. The van der Waals surface area contributed by atoms with Crippen molar-refractivity contribution >= 4 is 29.2 Å². The van der Waals surface area contributed by atoms with Crippen molar-refractivity contribution in [3.8, 4) is 0 Å². The highest BCUT2D eigenvalue weighted by Gasteiger charge is 2.52. The molecule has 9 nitrogen and oxygen atoms in total. The predicted molar refractivity (Wildman–Crippen MR) is 142 cm³/mol. The maximum absolute atomic E-state index is 13.7. The van der Waals surface area contributed by atoms with E-state index in [0.717, 1.165) is 31.5 Å². The summed E-state index contributed by atoms with van der Waals surface area (Å²) >= 11 is 0. The molecule has 3 aliphatic heterocycles. The zero-order valence-corrected chi connectivity index (χ0v) is 22.5. The number of hydrogen-bond donors (Lipinski definition) is 2. The third-order valence-corrected chi connectivity index (χ3v) is 7.82. The van der Waals surface area contributed by atoms with Gasteiger partial charge in [-0.3, -0.25) is 19.2 Å². The molecule has 0 radical (unpaired) electrons. The number of rotatable bonds is 8. The maximum Gasteiger partial charge on any atom is 0.251 e. The van der Waals surface area contributed by atoms with Gasteiger partial charge in [-0.15, -0.1) is 0 Å². The molecule has 0 spiro atoms. The fourth-order valence-electron chi connectivity index (χ4n) is 5.86. The van der Waals surface area contributed by atoms with E-state index in [1.54, 1.807) is 21.9 Å². The number of hydrogen-bond acceptors (Lipinski definition) is 6. The Morgan fingerprint density at radius 1 is 1.08 bits per heavy atom. The molecule has 0 bridgehead atoms. The lowest BCUT2D eigenvalue weighted by molar-refractivity contribution is -0.138. The first-order chi connectivity index (χ1) is 17.7. The standard InChI is InChI=1S/C28H41N5O4/c1-18(2)15-22(30-27(36)19-8-10-21(11-9-19)31(3)4)28(37)32-14-12-23-26(32)24(34)17-33(23)25(35)16-20-7-5-6-13-29-20/h8-11,18,20,22-23,26,29H,5-7,12-17H2,1-4H3,(H,30,36)/t20?,22-,23?,26?/m0/s1. The molecular weight excluding hydrogens is 470 g/mol. The number of nitrogens with zero attached hydrogens (tertiary/aromatic N) is 3. The van der Waals surface area contributed by atoms with Crippen LogP contribution in [0.5, 0.6) is 0 Å². The maximum atomic E-state index is 13.7. The quantitative estimate of drug-likeness (QED) is 0.552. The van der Waals surface area contributed by atoms with E-state index in [0.29, 0.717) is 31.4 Å².